The number of ketones is 2. The zero-order valence-corrected chi connectivity index (χ0v) is 22.6. The largest absolute Gasteiger partial charge is 0.492 e. The van der Waals surface area contributed by atoms with Gasteiger partial charge in [0, 0.05) is 51.3 Å². The Balaban J connectivity index is 1.97. The van der Waals surface area contributed by atoms with Crippen LogP contribution in [0.5, 0.6) is 5.75 Å². The zero-order valence-electron chi connectivity index (χ0n) is 19.5. The number of hydrogen-bond acceptors (Lipinski definition) is 4. The summed E-state index contributed by atoms with van der Waals surface area (Å²) >= 11 is 7.29. The molecule has 1 aliphatic heterocycles. The Bertz CT molecular complexity index is 1010. The van der Waals surface area contributed by atoms with E-state index in [1.54, 1.807) is 0 Å². The van der Waals surface area contributed by atoms with Gasteiger partial charge in [-0.25, -0.2) is 0 Å². The minimum atomic E-state index is -0.408. The second-order valence-electron chi connectivity index (χ2n) is 10.9. The maximum absolute atomic E-state index is 13.5. The van der Waals surface area contributed by atoms with Crippen LogP contribution in [-0.2, 0) is 9.59 Å². The number of rotatable bonds is 4. The molecule has 1 aromatic carbocycles. The molecule has 3 aliphatic rings. The van der Waals surface area contributed by atoms with Gasteiger partial charge in [0.05, 0.1) is 11.1 Å². The van der Waals surface area contributed by atoms with Gasteiger partial charge in [-0.05, 0) is 58.2 Å². The van der Waals surface area contributed by atoms with Crippen molar-refractivity contribution in [2.24, 2.45) is 10.8 Å². The smallest absolute Gasteiger partial charge is 0.162 e. The average Bonchev–Trinajstić information content (AvgIpc) is 2.63. The van der Waals surface area contributed by atoms with Crippen LogP contribution in [-0.4, -0.2) is 18.2 Å². The number of allylic oxidation sites excluding steroid dienone is 4. The Hall–Kier alpha value is -1.40. The van der Waals surface area contributed by atoms with E-state index in [1.807, 2.05) is 12.1 Å². The monoisotopic (exact) mass is 563 g/mol. The number of Topliss-reactive ketones (excluding diaryl/α,β-unsaturated/α-hetero) is 2. The molecule has 32 heavy (non-hydrogen) atoms. The third kappa shape index (κ3) is 4.37. The van der Waals surface area contributed by atoms with Crippen LogP contribution >= 0.6 is 31.9 Å². The molecule has 0 aromatic heterocycles. The van der Waals surface area contributed by atoms with E-state index in [2.05, 4.69) is 71.8 Å². The molecule has 6 heteroatoms. The standard InChI is InChI=1S/C26H31Br2NO3/c1-6-7-32-24-15(8-14(27)9-16(24)28)21-22-17(10-25(2,3)12-19(22)30)29-18-11-26(4,5)13-20(31)23(18)21/h8-9,21,29H,6-7,10-13H2,1-5H3. The molecule has 0 spiro atoms. The molecule has 1 aromatic rings. The zero-order chi connectivity index (χ0) is 23.4. The number of benzene rings is 1. The van der Waals surface area contributed by atoms with Crippen molar-refractivity contribution in [1.29, 1.82) is 0 Å². The van der Waals surface area contributed by atoms with Gasteiger partial charge in [0.15, 0.2) is 11.6 Å². The molecule has 172 valence electrons. The number of dihydropyridines is 1. The van der Waals surface area contributed by atoms with E-state index in [-0.39, 0.29) is 22.4 Å². The van der Waals surface area contributed by atoms with Crippen molar-refractivity contribution in [3.05, 3.63) is 49.2 Å². The van der Waals surface area contributed by atoms with Crippen LogP contribution in [0.2, 0.25) is 0 Å². The van der Waals surface area contributed by atoms with E-state index in [0.29, 0.717) is 19.4 Å². The first-order chi connectivity index (χ1) is 14.9. The summed E-state index contributed by atoms with van der Waals surface area (Å²) in [7, 11) is 0. The van der Waals surface area contributed by atoms with Crippen LogP contribution in [0.25, 0.3) is 0 Å². The predicted molar refractivity (Wildman–Crippen MR) is 134 cm³/mol. The number of hydrogen-bond donors (Lipinski definition) is 1. The molecule has 0 bridgehead atoms. The highest BCUT2D eigenvalue weighted by molar-refractivity contribution is 9.11. The van der Waals surface area contributed by atoms with Crippen molar-refractivity contribution in [2.45, 2.75) is 72.6 Å². The normalized spacial score (nSPS) is 22.5. The second-order valence-corrected chi connectivity index (χ2v) is 12.6. The average molecular weight is 565 g/mol. The lowest BCUT2D eigenvalue weighted by molar-refractivity contribution is -0.119. The molecule has 0 fully saturated rings. The molecule has 2 aliphatic carbocycles. The van der Waals surface area contributed by atoms with Crippen LogP contribution in [0.3, 0.4) is 0 Å². The topological polar surface area (TPSA) is 55.4 Å². The Morgan fingerprint density at radius 3 is 1.97 bits per heavy atom. The lowest BCUT2D eigenvalue weighted by Crippen LogP contribution is -2.42. The predicted octanol–water partition coefficient (Wildman–Crippen LogP) is 6.97. The third-order valence-electron chi connectivity index (χ3n) is 6.52. The highest BCUT2D eigenvalue weighted by Gasteiger charge is 2.47. The number of nitrogens with one attached hydrogen (secondary N) is 1. The molecular formula is C26H31Br2NO3. The van der Waals surface area contributed by atoms with Gasteiger partial charge in [-0.3, -0.25) is 9.59 Å². The van der Waals surface area contributed by atoms with Crippen molar-refractivity contribution < 1.29 is 14.3 Å². The molecule has 1 N–H and O–H groups in total. The third-order valence-corrected chi connectivity index (χ3v) is 7.56. The van der Waals surface area contributed by atoms with Gasteiger partial charge in [0.1, 0.15) is 5.75 Å². The fourth-order valence-electron chi connectivity index (χ4n) is 5.35. The van der Waals surface area contributed by atoms with E-state index in [1.165, 1.54) is 0 Å². The number of halogens is 2. The van der Waals surface area contributed by atoms with Gasteiger partial charge >= 0.3 is 0 Å². The fourth-order valence-corrected chi connectivity index (χ4v) is 6.72. The Morgan fingerprint density at radius 2 is 1.47 bits per heavy atom. The SMILES string of the molecule is CCCOc1c(Br)cc(Br)cc1C1C2=C(CC(C)(C)CC2=O)NC2=C1C(=O)CC(C)(C)C2. The van der Waals surface area contributed by atoms with Crippen LogP contribution in [0, 0.1) is 10.8 Å². The first kappa shape index (κ1) is 23.7. The number of ether oxygens (including phenoxy) is 1. The molecule has 1 heterocycles. The summed E-state index contributed by atoms with van der Waals surface area (Å²) in [5, 5.41) is 3.57. The summed E-state index contributed by atoms with van der Waals surface area (Å²) in [6, 6.07) is 3.97. The lowest BCUT2D eigenvalue weighted by Gasteiger charge is -2.44. The summed E-state index contributed by atoms with van der Waals surface area (Å²) < 4.78 is 7.89. The molecule has 0 atom stereocenters. The summed E-state index contributed by atoms with van der Waals surface area (Å²) in [5.74, 6) is 0.552. The minimum Gasteiger partial charge on any atom is -0.492 e. The van der Waals surface area contributed by atoms with E-state index >= 15 is 0 Å². The van der Waals surface area contributed by atoms with Crippen LogP contribution < -0.4 is 10.1 Å². The van der Waals surface area contributed by atoms with E-state index in [4.69, 9.17) is 4.74 Å². The molecule has 4 nitrogen and oxygen atoms in total. The Labute approximate surface area is 207 Å². The van der Waals surface area contributed by atoms with Crippen LogP contribution in [0.1, 0.15) is 78.2 Å². The maximum atomic E-state index is 13.5. The summed E-state index contributed by atoms with van der Waals surface area (Å²) in [5.41, 5.74) is 4.07. The van der Waals surface area contributed by atoms with Gasteiger partial charge in [-0.15, -0.1) is 0 Å². The van der Waals surface area contributed by atoms with Crippen molar-refractivity contribution >= 4 is 43.4 Å². The molecule has 4 rings (SSSR count). The molecule has 0 radical (unpaired) electrons. The van der Waals surface area contributed by atoms with Gasteiger partial charge < -0.3 is 10.1 Å². The number of carbonyl (C=O) groups is 2. The second kappa shape index (κ2) is 8.43. The van der Waals surface area contributed by atoms with Crippen molar-refractivity contribution in [2.75, 3.05) is 6.61 Å². The summed E-state index contributed by atoms with van der Waals surface area (Å²) in [6.45, 7) is 11.2. The van der Waals surface area contributed by atoms with Gasteiger partial charge in [0.25, 0.3) is 0 Å². The number of carbonyl (C=O) groups excluding carboxylic acids is 2. The Kier molecular flexibility index (Phi) is 6.25. The van der Waals surface area contributed by atoms with Crippen molar-refractivity contribution in [3.63, 3.8) is 0 Å². The van der Waals surface area contributed by atoms with E-state index in [0.717, 1.165) is 62.1 Å². The maximum Gasteiger partial charge on any atom is 0.162 e. The van der Waals surface area contributed by atoms with Gasteiger partial charge in [-0.1, -0.05) is 50.5 Å². The lowest BCUT2D eigenvalue weighted by atomic mass is 9.64. The fraction of sp³-hybridized carbons (Fsp3) is 0.538. The van der Waals surface area contributed by atoms with Crippen LogP contribution in [0.15, 0.2) is 43.6 Å². The minimum absolute atomic E-state index is 0.112. The highest BCUT2D eigenvalue weighted by Crippen LogP contribution is 2.53. The summed E-state index contributed by atoms with van der Waals surface area (Å²) in [4.78, 5) is 27.1. The molecule has 0 saturated heterocycles. The van der Waals surface area contributed by atoms with Crippen molar-refractivity contribution in [3.8, 4) is 5.75 Å². The van der Waals surface area contributed by atoms with Gasteiger partial charge in [0.2, 0.25) is 0 Å². The molecule has 0 amide bonds. The highest BCUT2D eigenvalue weighted by atomic mass is 79.9. The van der Waals surface area contributed by atoms with Crippen molar-refractivity contribution in [1.82, 2.24) is 5.32 Å². The molecule has 0 unspecified atom stereocenters. The summed E-state index contributed by atoms with van der Waals surface area (Å²) in [6.07, 6.45) is 3.40. The van der Waals surface area contributed by atoms with E-state index < -0.39 is 5.92 Å². The first-order valence-corrected chi connectivity index (χ1v) is 12.9. The molecule has 0 saturated carbocycles. The van der Waals surface area contributed by atoms with Gasteiger partial charge in [-0.2, -0.15) is 0 Å². The quantitative estimate of drug-likeness (QED) is 0.429. The van der Waals surface area contributed by atoms with E-state index in [9.17, 15) is 9.59 Å². The Morgan fingerprint density at radius 1 is 0.938 bits per heavy atom. The van der Waals surface area contributed by atoms with Crippen LogP contribution in [0.4, 0.5) is 0 Å². The molecular weight excluding hydrogens is 534 g/mol. The first-order valence-electron chi connectivity index (χ1n) is 11.3.